The van der Waals surface area contributed by atoms with Crippen LogP contribution in [0.2, 0.25) is 10.0 Å². The van der Waals surface area contributed by atoms with Gasteiger partial charge in [-0.05, 0) is 62.5 Å². The molecule has 0 amide bonds. The summed E-state index contributed by atoms with van der Waals surface area (Å²) < 4.78 is 27.3. The fourth-order valence-corrected chi connectivity index (χ4v) is 8.01. The third-order valence-corrected chi connectivity index (χ3v) is 9.97. The van der Waals surface area contributed by atoms with E-state index in [2.05, 4.69) is 15.1 Å². The molecule has 4 atom stereocenters. The van der Waals surface area contributed by atoms with Crippen LogP contribution in [-0.2, 0) is 16.9 Å². The summed E-state index contributed by atoms with van der Waals surface area (Å²) >= 11 is 14.3. The molecule has 1 aromatic carbocycles. The van der Waals surface area contributed by atoms with Crippen LogP contribution in [0.4, 0.5) is 4.39 Å². The Kier molecular flexibility index (Phi) is 5.82. The molecule has 7 rings (SSSR count). The molecule has 10 heteroatoms. The van der Waals surface area contributed by atoms with E-state index in [9.17, 15) is 9.50 Å². The van der Waals surface area contributed by atoms with Crippen LogP contribution in [0.25, 0.3) is 21.5 Å². The van der Waals surface area contributed by atoms with E-state index < -0.39 is 5.60 Å². The molecule has 0 saturated heterocycles. The van der Waals surface area contributed by atoms with Gasteiger partial charge in [-0.1, -0.05) is 34.4 Å². The van der Waals surface area contributed by atoms with Crippen LogP contribution in [-0.4, -0.2) is 26.3 Å². The van der Waals surface area contributed by atoms with Gasteiger partial charge >= 0.3 is 0 Å². The summed E-state index contributed by atoms with van der Waals surface area (Å²) in [7, 11) is 0. The Bertz CT molecular complexity index is 1470. The number of rotatable bonds is 6. The number of halogens is 3. The summed E-state index contributed by atoms with van der Waals surface area (Å²) in [4.78, 5) is 8.61. The first-order chi connectivity index (χ1) is 17.9. The molecule has 0 radical (unpaired) electrons. The molecule has 192 valence electrons. The molecule has 1 N–H and O–H groups in total. The zero-order chi connectivity index (χ0) is 25.3. The molecule has 3 aliphatic carbocycles. The highest BCUT2D eigenvalue weighted by atomic mass is 35.5. The summed E-state index contributed by atoms with van der Waals surface area (Å²) in [6, 6.07) is 4.95. The molecule has 3 fully saturated rings. The van der Waals surface area contributed by atoms with E-state index >= 15 is 0 Å². The molecule has 0 unspecified atom stereocenters. The Morgan fingerprint density at radius 3 is 2.51 bits per heavy atom. The van der Waals surface area contributed by atoms with Crippen molar-refractivity contribution in [3.8, 4) is 11.3 Å². The van der Waals surface area contributed by atoms with E-state index in [0.717, 1.165) is 41.7 Å². The van der Waals surface area contributed by atoms with Crippen LogP contribution in [0.3, 0.4) is 0 Å². The van der Waals surface area contributed by atoms with Crippen molar-refractivity contribution in [1.82, 2.24) is 15.1 Å². The smallest absolute Gasteiger partial charge is 0.150 e. The summed E-state index contributed by atoms with van der Waals surface area (Å²) in [6.45, 7) is 0.328. The first-order valence-electron chi connectivity index (χ1n) is 12.6. The number of hydrogen-bond acceptors (Lipinski definition) is 7. The number of thiazole rings is 1. The fraction of sp³-hybridized carbons (Fsp3) is 0.444. The number of benzene rings is 1. The van der Waals surface area contributed by atoms with Gasteiger partial charge in [0.15, 0.2) is 0 Å². The summed E-state index contributed by atoms with van der Waals surface area (Å²) in [5.74, 6) is 0.845. The number of aromatic nitrogens is 3. The number of ether oxygens (including phenoxy) is 1. The standard InChI is InChI=1S/C27H24Cl2FN3O3S/c28-18-10-31-11-19(29)22(18)23-17(25(36-33-23)13-4-5-13)12-35-16-8-14-6-7-15(9-16)27(14,34)26-32-24-20(30)2-1-3-21(24)37-26/h1-3,10-11,13-16,34H,4-9,12H2/t14-,15+,16-,27+. The van der Waals surface area contributed by atoms with Crippen molar-refractivity contribution in [2.75, 3.05) is 0 Å². The highest BCUT2D eigenvalue weighted by Gasteiger charge is 2.56. The highest BCUT2D eigenvalue weighted by molar-refractivity contribution is 7.18. The van der Waals surface area contributed by atoms with Crippen LogP contribution in [0.5, 0.6) is 0 Å². The lowest BCUT2D eigenvalue weighted by molar-refractivity contribution is -0.116. The SMILES string of the molecule is O[C@@]1(c2nc3c(F)cccc3s2)[C@@H]2CC[C@H]1C[C@H](OCc1c(-c3c(Cl)cncc3Cl)noc1C1CC1)C2. The topological polar surface area (TPSA) is 81.3 Å². The minimum absolute atomic E-state index is 0.00816. The molecule has 3 aromatic heterocycles. The van der Waals surface area contributed by atoms with Crippen molar-refractivity contribution in [2.24, 2.45) is 11.8 Å². The van der Waals surface area contributed by atoms with Crippen LogP contribution < -0.4 is 0 Å². The van der Waals surface area contributed by atoms with Crippen LogP contribution in [0.1, 0.15) is 60.8 Å². The lowest BCUT2D eigenvalue weighted by Crippen LogP contribution is -2.44. The molecule has 0 aliphatic heterocycles. The Morgan fingerprint density at radius 2 is 1.84 bits per heavy atom. The molecule has 37 heavy (non-hydrogen) atoms. The number of nitrogens with zero attached hydrogens (tertiary/aromatic N) is 3. The van der Waals surface area contributed by atoms with Crippen molar-refractivity contribution in [3.63, 3.8) is 0 Å². The molecule has 2 bridgehead atoms. The van der Waals surface area contributed by atoms with E-state index in [4.69, 9.17) is 32.5 Å². The zero-order valence-corrected chi connectivity index (χ0v) is 22.1. The molecule has 3 saturated carbocycles. The molecule has 0 spiro atoms. The van der Waals surface area contributed by atoms with E-state index in [0.29, 0.717) is 57.2 Å². The number of pyridine rings is 1. The zero-order valence-electron chi connectivity index (χ0n) is 19.8. The number of aliphatic hydroxyl groups is 1. The van der Waals surface area contributed by atoms with Crippen molar-refractivity contribution < 1.29 is 18.8 Å². The maximum Gasteiger partial charge on any atom is 0.150 e. The van der Waals surface area contributed by atoms with E-state index in [1.165, 1.54) is 17.4 Å². The van der Waals surface area contributed by atoms with Crippen molar-refractivity contribution >= 4 is 44.8 Å². The Balaban J connectivity index is 1.14. The van der Waals surface area contributed by atoms with Gasteiger partial charge in [-0.25, -0.2) is 9.37 Å². The van der Waals surface area contributed by atoms with Crippen LogP contribution in [0.15, 0.2) is 35.1 Å². The van der Waals surface area contributed by atoms with Gasteiger partial charge in [-0.15, -0.1) is 11.3 Å². The normalized spacial score (nSPS) is 27.3. The molecular weight excluding hydrogens is 536 g/mol. The van der Waals surface area contributed by atoms with Crippen molar-refractivity contribution in [3.05, 3.63) is 62.8 Å². The maximum absolute atomic E-state index is 14.3. The predicted molar refractivity (Wildman–Crippen MR) is 139 cm³/mol. The Hall–Kier alpha value is -2.10. The number of hydrogen-bond donors (Lipinski definition) is 1. The van der Waals surface area contributed by atoms with E-state index in [1.54, 1.807) is 18.5 Å². The summed E-state index contributed by atoms with van der Waals surface area (Å²) in [6.07, 6.45) is 8.40. The van der Waals surface area contributed by atoms with Gasteiger partial charge in [-0.2, -0.15) is 0 Å². The monoisotopic (exact) mass is 559 g/mol. The minimum Gasteiger partial charge on any atom is -0.382 e. The van der Waals surface area contributed by atoms with Gasteiger partial charge in [0, 0.05) is 29.4 Å². The third kappa shape index (κ3) is 3.91. The summed E-state index contributed by atoms with van der Waals surface area (Å²) in [5.41, 5.74) is 1.39. The summed E-state index contributed by atoms with van der Waals surface area (Å²) in [5, 5.41) is 17.7. The second-order valence-corrected chi connectivity index (χ2v) is 12.3. The van der Waals surface area contributed by atoms with E-state index in [-0.39, 0.29) is 23.8 Å². The Morgan fingerprint density at radius 1 is 1.11 bits per heavy atom. The molecule has 4 aromatic rings. The van der Waals surface area contributed by atoms with Crippen molar-refractivity contribution in [2.45, 2.75) is 62.8 Å². The van der Waals surface area contributed by atoms with Gasteiger partial charge < -0.3 is 14.4 Å². The van der Waals surface area contributed by atoms with Gasteiger partial charge in [0.2, 0.25) is 0 Å². The molecular formula is C27H24Cl2FN3O3S. The average molecular weight is 560 g/mol. The largest absolute Gasteiger partial charge is 0.382 e. The maximum atomic E-state index is 14.3. The highest BCUT2D eigenvalue weighted by Crippen LogP contribution is 2.57. The van der Waals surface area contributed by atoms with Gasteiger partial charge in [-0.3, -0.25) is 4.98 Å². The van der Waals surface area contributed by atoms with Crippen molar-refractivity contribution in [1.29, 1.82) is 0 Å². The second kappa shape index (κ2) is 8.99. The van der Waals surface area contributed by atoms with Gasteiger partial charge in [0.1, 0.15) is 33.4 Å². The third-order valence-electron chi connectivity index (χ3n) is 8.24. The first-order valence-corrected chi connectivity index (χ1v) is 14.2. The molecule has 3 aliphatic rings. The second-order valence-electron chi connectivity index (χ2n) is 10.4. The predicted octanol–water partition coefficient (Wildman–Crippen LogP) is 7.26. The molecule has 3 heterocycles. The van der Waals surface area contributed by atoms with E-state index in [1.807, 2.05) is 6.07 Å². The lowest BCUT2D eigenvalue weighted by atomic mass is 9.73. The van der Waals surface area contributed by atoms with Gasteiger partial charge in [0.05, 0.1) is 27.5 Å². The number of fused-ring (bicyclic) bond motifs is 3. The van der Waals surface area contributed by atoms with Crippen LogP contribution in [0, 0.1) is 17.7 Å². The fourth-order valence-electron chi connectivity index (χ4n) is 6.24. The Labute approximate surface area is 226 Å². The quantitative estimate of drug-likeness (QED) is 0.267. The average Bonchev–Trinajstić information content (AvgIpc) is 3.45. The van der Waals surface area contributed by atoms with Crippen LogP contribution >= 0.6 is 34.5 Å². The molecule has 6 nitrogen and oxygen atoms in total. The minimum atomic E-state index is -1.05. The van der Waals surface area contributed by atoms with Gasteiger partial charge in [0.25, 0.3) is 0 Å². The number of para-hydroxylation sites is 1. The first kappa shape index (κ1) is 24.0. The lowest BCUT2D eigenvalue weighted by Gasteiger charge is -2.41.